The van der Waals surface area contributed by atoms with Gasteiger partial charge in [-0.3, -0.25) is 0 Å². The third-order valence-electron chi connectivity index (χ3n) is 5.54. The minimum atomic E-state index is 1.05. The average Bonchev–Trinajstić information content (AvgIpc) is 3.21. The molecular formula is C26H34N2S. The van der Waals surface area contributed by atoms with Gasteiger partial charge in [-0.1, -0.05) is 100 Å². The zero-order chi connectivity index (χ0) is 20.5. The van der Waals surface area contributed by atoms with Crippen LogP contribution in [0.25, 0.3) is 10.6 Å². The van der Waals surface area contributed by atoms with Gasteiger partial charge < -0.3 is 0 Å². The highest BCUT2D eigenvalue weighted by Gasteiger charge is 2.06. The molecule has 1 aromatic heterocycles. The Balaban J connectivity index is 0.000000186. The summed E-state index contributed by atoms with van der Waals surface area (Å²) in [4.78, 5) is 0. The summed E-state index contributed by atoms with van der Waals surface area (Å²) in [6, 6.07) is 15.4. The number of hydrogen-bond donors (Lipinski definition) is 0. The van der Waals surface area contributed by atoms with E-state index in [4.69, 9.17) is 0 Å². The molecule has 1 aromatic carbocycles. The number of aryl methyl sites for hydroxylation is 3. The van der Waals surface area contributed by atoms with E-state index in [1.807, 2.05) is 0 Å². The quantitative estimate of drug-likeness (QED) is 0.254. The molecule has 0 radical (unpaired) electrons. The molecule has 29 heavy (non-hydrogen) atoms. The number of aromatic nitrogens is 2. The maximum atomic E-state index is 4.29. The van der Waals surface area contributed by atoms with Gasteiger partial charge in [0.05, 0.1) is 0 Å². The van der Waals surface area contributed by atoms with Crippen molar-refractivity contribution in [3.63, 3.8) is 0 Å². The van der Waals surface area contributed by atoms with Crippen LogP contribution in [-0.4, -0.2) is 10.2 Å². The van der Waals surface area contributed by atoms with E-state index < -0.39 is 0 Å². The van der Waals surface area contributed by atoms with Crippen molar-refractivity contribution in [1.29, 1.82) is 0 Å². The van der Waals surface area contributed by atoms with Gasteiger partial charge in [0.2, 0.25) is 0 Å². The molecule has 0 N–H and O–H groups in total. The first-order valence-electron chi connectivity index (χ1n) is 11.3. The fourth-order valence-corrected chi connectivity index (χ4v) is 4.41. The molecule has 0 atom stereocenters. The lowest BCUT2D eigenvalue weighted by Gasteiger charge is -2.10. The molecule has 3 heteroatoms. The highest BCUT2D eigenvalue weighted by atomic mass is 32.1. The Hall–Kier alpha value is -2.00. The molecule has 0 aliphatic heterocycles. The molecule has 2 aromatic rings. The SMILES string of the molecule is CCCCCc1cc2ccc1=2.CCCCCc1nnc(-c2ccc(CC)cc2)s1. The Morgan fingerprint density at radius 3 is 2.03 bits per heavy atom. The van der Waals surface area contributed by atoms with E-state index >= 15 is 0 Å². The van der Waals surface area contributed by atoms with Crippen molar-refractivity contribution in [3.05, 3.63) is 69.0 Å². The van der Waals surface area contributed by atoms with Gasteiger partial charge in [-0.2, -0.15) is 0 Å². The Morgan fingerprint density at radius 2 is 1.48 bits per heavy atom. The minimum absolute atomic E-state index is 1.05. The number of hydrogen-bond acceptors (Lipinski definition) is 3. The second kappa shape index (κ2) is 11.3. The summed E-state index contributed by atoms with van der Waals surface area (Å²) >= 11 is 1.73. The summed E-state index contributed by atoms with van der Waals surface area (Å²) in [5.74, 6) is 0. The molecular weight excluding hydrogens is 372 g/mol. The largest absolute Gasteiger partial charge is 0.147 e. The van der Waals surface area contributed by atoms with Gasteiger partial charge in [0.15, 0.2) is 0 Å². The number of nitrogens with zero attached hydrogens (tertiary/aromatic N) is 2. The van der Waals surface area contributed by atoms with Gasteiger partial charge in [0.25, 0.3) is 0 Å². The highest BCUT2D eigenvalue weighted by molar-refractivity contribution is 7.14. The fourth-order valence-electron chi connectivity index (χ4n) is 3.52. The lowest BCUT2D eigenvalue weighted by Crippen LogP contribution is -1.96. The van der Waals surface area contributed by atoms with E-state index in [1.54, 1.807) is 22.1 Å². The topological polar surface area (TPSA) is 25.8 Å². The number of benzene rings is 2. The molecule has 0 saturated carbocycles. The molecule has 0 unspecified atom stereocenters. The summed E-state index contributed by atoms with van der Waals surface area (Å²) < 4.78 is 0. The fraction of sp³-hybridized carbons (Fsp3) is 0.462. The molecule has 0 saturated heterocycles. The molecule has 0 amide bonds. The number of unbranched alkanes of at least 4 members (excludes halogenated alkanes) is 4. The molecule has 2 nitrogen and oxygen atoms in total. The lowest BCUT2D eigenvalue weighted by molar-refractivity contribution is 0.710. The third kappa shape index (κ3) is 5.99. The van der Waals surface area contributed by atoms with Crippen molar-refractivity contribution in [2.24, 2.45) is 0 Å². The van der Waals surface area contributed by atoms with Crippen molar-refractivity contribution < 1.29 is 0 Å². The van der Waals surface area contributed by atoms with Crippen LogP contribution in [0, 0.1) is 10.4 Å². The van der Waals surface area contributed by atoms with Gasteiger partial charge in [-0.15, -0.1) is 10.2 Å². The number of rotatable bonds is 10. The van der Waals surface area contributed by atoms with Crippen LogP contribution in [0.4, 0.5) is 0 Å². The van der Waals surface area contributed by atoms with Gasteiger partial charge in [-0.25, -0.2) is 0 Å². The van der Waals surface area contributed by atoms with Crippen molar-refractivity contribution in [2.75, 3.05) is 0 Å². The van der Waals surface area contributed by atoms with Crippen molar-refractivity contribution in [3.8, 4) is 10.6 Å². The Kier molecular flexibility index (Phi) is 8.42. The molecule has 4 rings (SSSR count). The lowest BCUT2D eigenvalue weighted by atomic mass is 9.95. The second-order valence-corrected chi connectivity index (χ2v) is 8.90. The van der Waals surface area contributed by atoms with Gasteiger partial charge in [0, 0.05) is 12.0 Å². The monoisotopic (exact) mass is 406 g/mol. The molecule has 0 bridgehead atoms. The zero-order valence-corrected chi connectivity index (χ0v) is 19.0. The van der Waals surface area contributed by atoms with Crippen molar-refractivity contribution in [2.45, 2.75) is 78.6 Å². The van der Waals surface area contributed by atoms with Gasteiger partial charge in [-0.05, 0) is 47.2 Å². The van der Waals surface area contributed by atoms with E-state index in [0.717, 1.165) is 22.9 Å². The van der Waals surface area contributed by atoms with E-state index in [-0.39, 0.29) is 0 Å². The van der Waals surface area contributed by atoms with Crippen LogP contribution < -0.4 is 0 Å². The van der Waals surface area contributed by atoms with Crippen LogP contribution >= 0.6 is 11.3 Å². The molecule has 2 aliphatic carbocycles. The first kappa shape index (κ1) is 21.7. The molecule has 2 aliphatic rings. The van der Waals surface area contributed by atoms with Gasteiger partial charge in [0.1, 0.15) is 10.0 Å². The minimum Gasteiger partial charge on any atom is -0.143 e. The summed E-state index contributed by atoms with van der Waals surface area (Å²) in [6.07, 6.45) is 11.3. The molecule has 0 fully saturated rings. The molecule has 1 heterocycles. The normalized spacial score (nSPS) is 11.1. The van der Waals surface area contributed by atoms with E-state index in [1.165, 1.54) is 61.3 Å². The maximum absolute atomic E-state index is 4.29. The molecule has 0 spiro atoms. The summed E-state index contributed by atoms with van der Waals surface area (Å²) in [7, 11) is 0. The second-order valence-electron chi connectivity index (χ2n) is 7.84. The van der Waals surface area contributed by atoms with Crippen LogP contribution in [0.1, 0.15) is 75.4 Å². The summed E-state index contributed by atoms with van der Waals surface area (Å²) in [5, 5.41) is 13.8. The van der Waals surface area contributed by atoms with E-state index in [2.05, 4.69) is 73.4 Å². The van der Waals surface area contributed by atoms with E-state index in [0.29, 0.717) is 0 Å². The van der Waals surface area contributed by atoms with Crippen molar-refractivity contribution >= 4 is 11.3 Å². The van der Waals surface area contributed by atoms with Crippen molar-refractivity contribution in [1.82, 2.24) is 10.2 Å². The highest BCUT2D eigenvalue weighted by Crippen LogP contribution is 2.24. The smallest absolute Gasteiger partial charge is 0.143 e. The maximum Gasteiger partial charge on any atom is 0.147 e. The van der Waals surface area contributed by atoms with Crippen LogP contribution in [0.5, 0.6) is 0 Å². The van der Waals surface area contributed by atoms with Crippen LogP contribution in [0.2, 0.25) is 0 Å². The predicted octanol–water partition coefficient (Wildman–Crippen LogP) is 7.52. The predicted molar refractivity (Wildman–Crippen MR) is 125 cm³/mol. The Labute approximate surface area is 179 Å². The van der Waals surface area contributed by atoms with Crippen LogP contribution in [-0.2, 0) is 19.3 Å². The van der Waals surface area contributed by atoms with E-state index in [9.17, 15) is 0 Å². The summed E-state index contributed by atoms with van der Waals surface area (Å²) in [5.41, 5.74) is 4.15. The van der Waals surface area contributed by atoms with Crippen LogP contribution in [0.3, 0.4) is 0 Å². The third-order valence-corrected chi connectivity index (χ3v) is 6.57. The first-order chi connectivity index (χ1) is 14.2. The average molecular weight is 407 g/mol. The Morgan fingerprint density at radius 1 is 0.759 bits per heavy atom. The summed E-state index contributed by atoms with van der Waals surface area (Å²) in [6.45, 7) is 6.65. The zero-order valence-electron chi connectivity index (χ0n) is 18.2. The first-order valence-corrected chi connectivity index (χ1v) is 12.1. The van der Waals surface area contributed by atoms with Gasteiger partial charge >= 0.3 is 0 Å². The van der Waals surface area contributed by atoms with Crippen LogP contribution in [0.15, 0.2) is 42.5 Å². The molecule has 154 valence electrons. The Bertz CT molecular complexity index is 973. The standard InChI is InChI=1S/C15H20N2S.C11H14/c1-3-5-6-7-14-16-17-15(18-14)13-10-8-12(4-2)9-11-13;1-2-3-4-5-9-8-10-6-7-11(9)10/h8-11H,3-7H2,1-2H3;6-8H,2-5H2,1H3.